The Morgan fingerprint density at radius 1 is 1.18 bits per heavy atom. The fourth-order valence-corrected chi connectivity index (χ4v) is 1.61. The van der Waals surface area contributed by atoms with Crippen LogP contribution in [-0.2, 0) is 0 Å². The first kappa shape index (κ1) is 13.8. The van der Waals surface area contributed by atoms with Crippen molar-refractivity contribution in [3.63, 3.8) is 0 Å². The van der Waals surface area contributed by atoms with E-state index in [0.717, 1.165) is 12.1 Å². The van der Waals surface area contributed by atoms with Crippen molar-refractivity contribution < 1.29 is 0 Å². The van der Waals surface area contributed by atoms with Crippen LogP contribution in [0.5, 0.6) is 0 Å². The van der Waals surface area contributed by atoms with Gasteiger partial charge in [0.15, 0.2) is 0 Å². The fraction of sp³-hybridized carbons (Fsp3) is 0.562. The lowest BCUT2D eigenvalue weighted by Crippen LogP contribution is -1.90. The maximum Gasteiger partial charge on any atom is 0.113 e. The summed E-state index contributed by atoms with van der Waals surface area (Å²) in [5.41, 5.74) is 2.17. The zero-order valence-electron chi connectivity index (χ0n) is 11.3. The minimum Gasteiger partial charge on any atom is -0.248 e. The second kappa shape index (κ2) is 7.90. The molecule has 0 amide bonds. The van der Waals surface area contributed by atoms with Gasteiger partial charge in [-0.15, -0.1) is 0 Å². The third-order valence-corrected chi connectivity index (χ3v) is 2.82. The van der Waals surface area contributed by atoms with Gasteiger partial charge in [0, 0.05) is 12.6 Å². The van der Waals surface area contributed by atoms with Gasteiger partial charge in [0.05, 0.1) is 0 Å². The lowest BCUT2D eigenvalue weighted by molar-refractivity contribution is 0.679. The molecule has 0 radical (unpaired) electrons. The Kier molecular flexibility index (Phi) is 6.40. The highest BCUT2D eigenvalue weighted by Crippen LogP contribution is 2.12. The van der Waals surface area contributed by atoms with Crippen LogP contribution in [0, 0.1) is 11.8 Å². The van der Waals surface area contributed by atoms with Crippen molar-refractivity contribution in [2.24, 2.45) is 0 Å². The molecule has 0 N–H and O–H groups in total. The molecule has 0 saturated heterocycles. The summed E-state index contributed by atoms with van der Waals surface area (Å²) in [4.78, 5) is 4.36. The highest BCUT2D eigenvalue weighted by atomic mass is 14.7. The van der Waals surface area contributed by atoms with Gasteiger partial charge in [0.2, 0.25) is 0 Å². The number of rotatable bonds is 5. The lowest BCUT2D eigenvalue weighted by atomic mass is 10.1. The number of aromatic nitrogens is 1. The highest BCUT2D eigenvalue weighted by Gasteiger charge is 1.97. The Balaban J connectivity index is 2.38. The fourth-order valence-electron chi connectivity index (χ4n) is 1.61. The van der Waals surface area contributed by atoms with E-state index in [1.165, 1.54) is 31.2 Å². The summed E-state index contributed by atoms with van der Waals surface area (Å²) in [6.07, 6.45) is 8.05. The van der Waals surface area contributed by atoms with Gasteiger partial charge in [-0.25, -0.2) is 4.98 Å². The van der Waals surface area contributed by atoms with Crippen LogP contribution in [0.4, 0.5) is 0 Å². The quantitative estimate of drug-likeness (QED) is 0.534. The summed E-state index contributed by atoms with van der Waals surface area (Å²) < 4.78 is 0. The van der Waals surface area contributed by atoms with E-state index in [2.05, 4.69) is 43.7 Å². The Morgan fingerprint density at radius 2 is 2.00 bits per heavy atom. The largest absolute Gasteiger partial charge is 0.248 e. The number of unbranched alkanes of at least 4 members (excludes halogenated alkanes) is 4. The summed E-state index contributed by atoms with van der Waals surface area (Å²) in [5, 5.41) is 0. The maximum absolute atomic E-state index is 4.36. The molecule has 0 unspecified atom stereocenters. The molecular weight excluding hydrogens is 206 g/mol. The molecule has 1 heterocycles. The SMILES string of the molecule is CCCCCCC#Cc1ccc(C(C)C)cn1. The van der Waals surface area contributed by atoms with Gasteiger partial charge in [0.25, 0.3) is 0 Å². The molecule has 0 bridgehead atoms. The average molecular weight is 229 g/mol. The lowest BCUT2D eigenvalue weighted by Gasteiger charge is -2.02. The molecule has 0 aliphatic heterocycles. The van der Waals surface area contributed by atoms with E-state index in [0.29, 0.717) is 5.92 Å². The van der Waals surface area contributed by atoms with Crippen molar-refractivity contribution in [1.82, 2.24) is 4.98 Å². The molecule has 17 heavy (non-hydrogen) atoms. The topological polar surface area (TPSA) is 12.9 Å². The summed E-state index contributed by atoms with van der Waals surface area (Å²) in [6, 6.07) is 4.15. The van der Waals surface area contributed by atoms with Crippen LogP contribution in [0.2, 0.25) is 0 Å². The molecule has 0 aliphatic carbocycles. The minimum absolute atomic E-state index is 0.540. The van der Waals surface area contributed by atoms with E-state index in [4.69, 9.17) is 0 Å². The van der Waals surface area contributed by atoms with Crippen molar-refractivity contribution in [3.8, 4) is 11.8 Å². The summed E-state index contributed by atoms with van der Waals surface area (Å²) in [5.74, 6) is 6.86. The van der Waals surface area contributed by atoms with Gasteiger partial charge in [-0.05, 0) is 29.9 Å². The molecule has 92 valence electrons. The summed E-state index contributed by atoms with van der Waals surface area (Å²) in [7, 11) is 0. The van der Waals surface area contributed by atoms with E-state index >= 15 is 0 Å². The Bertz CT molecular complexity index is 365. The van der Waals surface area contributed by atoms with E-state index in [9.17, 15) is 0 Å². The van der Waals surface area contributed by atoms with Gasteiger partial charge in [-0.3, -0.25) is 0 Å². The molecule has 1 aromatic rings. The summed E-state index contributed by atoms with van der Waals surface area (Å²) in [6.45, 7) is 6.58. The van der Waals surface area contributed by atoms with Gasteiger partial charge >= 0.3 is 0 Å². The minimum atomic E-state index is 0.540. The van der Waals surface area contributed by atoms with Crippen LogP contribution in [0.3, 0.4) is 0 Å². The van der Waals surface area contributed by atoms with E-state index in [1.807, 2.05) is 12.3 Å². The zero-order valence-corrected chi connectivity index (χ0v) is 11.3. The second-order valence-corrected chi connectivity index (χ2v) is 4.74. The molecule has 0 atom stereocenters. The van der Waals surface area contributed by atoms with Crippen LogP contribution in [0.1, 0.15) is 70.1 Å². The third kappa shape index (κ3) is 5.54. The van der Waals surface area contributed by atoms with Crippen molar-refractivity contribution in [1.29, 1.82) is 0 Å². The maximum atomic E-state index is 4.36. The molecule has 1 aromatic heterocycles. The molecule has 1 rings (SSSR count). The molecular formula is C16H23N. The normalized spacial score (nSPS) is 10.1. The van der Waals surface area contributed by atoms with Crippen molar-refractivity contribution in [2.45, 2.75) is 58.8 Å². The van der Waals surface area contributed by atoms with Gasteiger partial charge < -0.3 is 0 Å². The number of nitrogens with zero attached hydrogens (tertiary/aromatic N) is 1. The van der Waals surface area contributed by atoms with Gasteiger partial charge in [-0.1, -0.05) is 52.0 Å². The predicted octanol–water partition coefficient (Wildman–Crippen LogP) is 4.53. The van der Waals surface area contributed by atoms with E-state index in [-0.39, 0.29) is 0 Å². The van der Waals surface area contributed by atoms with E-state index in [1.54, 1.807) is 0 Å². The van der Waals surface area contributed by atoms with Crippen LogP contribution in [0.25, 0.3) is 0 Å². The van der Waals surface area contributed by atoms with Crippen LogP contribution < -0.4 is 0 Å². The molecule has 1 nitrogen and oxygen atoms in total. The molecule has 0 saturated carbocycles. The van der Waals surface area contributed by atoms with Crippen LogP contribution in [0.15, 0.2) is 18.3 Å². The molecule has 1 heteroatoms. The molecule has 0 aliphatic rings. The first-order chi connectivity index (χ1) is 8.24. The highest BCUT2D eigenvalue weighted by molar-refractivity contribution is 5.29. The monoisotopic (exact) mass is 229 g/mol. The van der Waals surface area contributed by atoms with Gasteiger partial charge in [-0.2, -0.15) is 0 Å². The Morgan fingerprint density at radius 3 is 2.59 bits per heavy atom. The standard InChI is InChI=1S/C16H23N/c1-4-5-6-7-8-9-10-16-12-11-15(13-17-16)14(2)3/h11-14H,4-8H2,1-3H3. The predicted molar refractivity (Wildman–Crippen MR) is 74.0 cm³/mol. The van der Waals surface area contributed by atoms with Crippen LogP contribution in [-0.4, -0.2) is 4.98 Å². The van der Waals surface area contributed by atoms with Crippen LogP contribution >= 0.6 is 0 Å². The molecule has 0 fully saturated rings. The smallest absolute Gasteiger partial charge is 0.113 e. The van der Waals surface area contributed by atoms with Gasteiger partial charge in [0.1, 0.15) is 5.69 Å². The third-order valence-electron chi connectivity index (χ3n) is 2.82. The van der Waals surface area contributed by atoms with Crippen molar-refractivity contribution in [2.75, 3.05) is 0 Å². The number of hydrogen-bond donors (Lipinski definition) is 0. The molecule has 0 aromatic carbocycles. The van der Waals surface area contributed by atoms with E-state index < -0.39 is 0 Å². The Hall–Kier alpha value is -1.29. The molecule has 0 spiro atoms. The zero-order chi connectivity index (χ0) is 12.5. The number of hydrogen-bond acceptors (Lipinski definition) is 1. The van der Waals surface area contributed by atoms with Crippen molar-refractivity contribution in [3.05, 3.63) is 29.6 Å². The first-order valence-corrected chi connectivity index (χ1v) is 6.69. The number of pyridine rings is 1. The Labute approximate surface area is 106 Å². The van der Waals surface area contributed by atoms with Crippen molar-refractivity contribution >= 4 is 0 Å². The first-order valence-electron chi connectivity index (χ1n) is 6.69. The summed E-state index contributed by atoms with van der Waals surface area (Å²) >= 11 is 0. The second-order valence-electron chi connectivity index (χ2n) is 4.74. The average Bonchev–Trinajstić information content (AvgIpc) is 2.34.